The summed E-state index contributed by atoms with van der Waals surface area (Å²) in [4.78, 5) is 26.8. The first-order valence-electron chi connectivity index (χ1n) is 9.32. The van der Waals surface area contributed by atoms with Crippen molar-refractivity contribution >= 4 is 17.5 Å². The maximum absolute atomic E-state index is 12.6. The molecule has 0 saturated carbocycles. The fourth-order valence-corrected chi connectivity index (χ4v) is 4.20. The molecule has 2 aliphatic rings. The van der Waals surface area contributed by atoms with E-state index in [1.165, 1.54) is 17.5 Å². The van der Waals surface area contributed by atoms with Crippen LogP contribution in [0, 0.1) is 0 Å². The maximum Gasteiger partial charge on any atom is 0.234 e. The minimum atomic E-state index is -0.386. The number of amides is 2. The number of nitrogens with one attached hydrogen (secondary N) is 1. The summed E-state index contributed by atoms with van der Waals surface area (Å²) in [6.07, 6.45) is 3.70. The number of carbonyl (C=O) groups excluding carboxylic acids is 2. The number of para-hydroxylation sites is 1. The Labute approximate surface area is 154 Å². The number of likely N-dealkylation sites (N-methyl/N-ethyl adjacent to an activating group) is 1. The van der Waals surface area contributed by atoms with E-state index >= 15 is 0 Å². The Kier molecular flexibility index (Phi) is 4.27. The van der Waals surface area contributed by atoms with Crippen molar-refractivity contribution < 1.29 is 9.59 Å². The summed E-state index contributed by atoms with van der Waals surface area (Å²) in [6, 6.07) is 14.2. The molecule has 0 bridgehead atoms. The lowest BCUT2D eigenvalue weighted by atomic mass is 9.96. The van der Waals surface area contributed by atoms with E-state index in [1.807, 2.05) is 31.2 Å². The van der Waals surface area contributed by atoms with Gasteiger partial charge in [0.2, 0.25) is 11.8 Å². The fraction of sp³-hybridized carbons (Fsp3) is 0.364. The zero-order valence-corrected chi connectivity index (χ0v) is 15.3. The number of hydrogen-bond donors (Lipinski definition) is 1. The van der Waals surface area contributed by atoms with Gasteiger partial charge >= 0.3 is 0 Å². The van der Waals surface area contributed by atoms with Gasteiger partial charge in [0.1, 0.15) is 0 Å². The minimum absolute atomic E-state index is 0.00784. The van der Waals surface area contributed by atoms with Crippen molar-refractivity contribution in [2.45, 2.75) is 44.6 Å². The zero-order chi connectivity index (χ0) is 18.3. The summed E-state index contributed by atoms with van der Waals surface area (Å²) in [5, 5.41) is 3.07. The molecule has 2 aromatic rings. The molecule has 2 aromatic carbocycles. The summed E-state index contributed by atoms with van der Waals surface area (Å²) in [7, 11) is 1.77. The molecule has 0 aromatic heterocycles. The van der Waals surface area contributed by atoms with Gasteiger partial charge in [-0.2, -0.15) is 0 Å². The van der Waals surface area contributed by atoms with Crippen LogP contribution in [0.15, 0.2) is 42.5 Å². The fourth-order valence-electron chi connectivity index (χ4n) is 4.20. The van der Waals surface area contributed by atoms with Gasteiger partial charge in [0.25, 0.3) is 0 Å². The Balaban J connectivity index is 1.45. The average Bonchev–Trinajstić information content (AvgIpc) is 3.20. The number of fused-ring (bicyclic) bond motifs is 2. The van der Waals surface area contributed by atoms with Crippen molar-refractivity contribution in [2.24, 2.45) is 0 Å². The van der Waals surface area contributed by atoms with Crippen molar-refractivity contribution in [3.05, 3.63) is 64.7 Å². The highest BCUT2D eigenvalue weighted by atomic mass is 16.2. The number of nitrogens with zero attached hydrogens (tertiary/aromatic N) is 1. The lowest BCUT2D eigenvalue weighted by Crippen LogP contribution is -2.31. The first-order valence-corrected chi connectivity index (χ1v) is 9.32. The van der Waals surface area contributed by atoms with Crippen molar-refractivity contribution in [3.8, 4) is 0 Å². The second-order valence-corrected chi connectivity index (χ2v) is 7.38. The molecule has 134 valence electrons. The second-order valence-electron chi connectivity index (χ2n) is 7.38. The molecule has 4 rings (SSSR count). The van der Waals surface area contributed by atoms with Gasteiger partial charge < -0.3 is 10.2 Å². The van der Waals surface area contributed by atoms with E-state index in [1.54, 1.807) is 11.9 Å². The molecule has 0 fully saturated rings. The molecule has 2 amide bonds. The van der Waals surface area contributed by atoms with Gasteiger partial charge in [-0.25, -0.2) is 0 Å². The van der Waals surface area contributed by atoms with Gasteiger partial charge in [0.15, 0.2) is 0 Å². The molecule has 4 nitrogen and oxygen atoms in total. The van der Waals surface area contributed by atoms with E-state index in [2.05, 4.69) is 23.5 Å². The lowest BCUT2D eigenvalue weighted by Gasteiger charge is -2.17. The van der Waals surface area contributed by atoms with E-state index < -0.39 is 0 Å². The summed E-state index contributed by atoms with van der Waals surface area (Å²) < 4.78 is 0. The topological polar surface area (TPSA) is 49.4 Å². The predicted molar refractivity (Wildman–Crippen MR) is 102 cm³/mol. The van der Waals surface area contributed by atoms with E-state index in [0.29, 0.717) is 0 Å². The van der Waals surface area contributed by atoms with Gasteiger partial charge in [-0.15, -0.1) is 0 Å². The van der Waals surface area contributed by atoms with Crippen LogP contribution >= 0.6 is 0 Å². The molecule has 0 spiro atoms. The van der Waals surface area contributed by atoms with Gasteiger partial charge in [-0.1, -0.05) is 36.4 Å². The quantitative estimate of drug-likeness (QED) is 0.919. The van der Waals surface area contributed by atoms with Crippen LogP contribution in [0.4, 0.5) is 5.69 Å². The number of benzene rings is 2. The molecule has 4 heteroatoms. The monoisotopic (exact) mass is 348 g/mol. The largest absolute Gasteiger partial charge is 0.350 e. The summed E-state index contributed by atoms with van der Waals surface area (Å²) >= 11 is 0. The van der Waals surface area contributed by atoms with Crippen LogP contribution < -0.4 is 10.2 Å². The molecule has 1 aliphatic heterocycles. The standard InChI is InChI=1S/C22H24N2O2/c1-14(16-11-10-15-6-5-7-17(15)12-16)23-21(25)13-19-18-8-3-4-9-20(18)24(2)22(19)26/h3-4,8-12,14,19H,5-7,13H2,1-2H3,(H,23,25). The van der Waals surface area contributed by atoms with Crippen molar-refractivity contribution in [2.75, 3.05) is 11.9 Å². The first kappa shape index (κ1) is 16.8. The summed E-state index contributed by atoms with van der Waals surface area (Å²) in [6.45, 7) is 2.01. The molecule has 1 aliphatic carbocycles. The van der Waals surface area contributed by atoms with Crippen molar-refractivity contribution in [3.63, 3.8) is 0 Å². The predicted octanol–water partition coefficient (Wildman–Crippen LogP) is 3.50. The number of anilines is 1. The molecule has 26 heavy (non-hydrogen) atoms. The molecule has 2 atom stereocenters. The minimum Gasteiger partial charge on any atom is -0.350 e. The van der Waals surface area contributed by atoms with Crippen LogP contribution in [0.3, 0.4) is 0 Å². The first-order chi connectivity index (χ1) is 12.5. The van der Waals surface area contributed by atoms with E-state index in [9.17, 15) is 9.59 Å². The van der Waals surface area contributed by atoms with Crippen LogP contribution in [-0.4, -0.2) is 18.9 Å². The molecule has 0 saturated heterocycles. The van der Waals surface area contributed by atoms with E-state index in [4.69, 9.17) is 0 Å². The Morgan fingerprint density at radius 2 is 1.96 bits per heavy atom. The van der Waals surface area contributed by atoms with Crippen LogP contribution in [0.2, 0.25) is 0 Å². The number of carbonyl (C=O) groups is 2. The normalized spacial score (nSPS) is 19.2. The Morgan fingerprint density at radius 3 is 2.81 bits per heavy atom. The smallest absolute Gasteiger partial charge is 0.234 e. The van der Waals surface area contributed by atoms with Gasteiger partial charge in [0, 0.05) is 19.2 Å². The zero-order valence-electron chi connectivity index (χ0n) is 15.3. The molecular weight excluding hydrogens is 324 g/mol. The number of rotatable bonds is 4. The van der Waals surface area contributed by atoms with Crippen LogP contribution in [0.25, 0.3) is 0 Å². The SMILES string of the molecule is CC(NC(=O)CC1C(=O)N(C)c2ccccc21)c1ccc2c(c1)CCC2. The number of hydrogen-bond acceptors (Lipinski definition) is 2. The van der Waals surface area contributed by atoms with Crippen LogP contribution in [0.1, 0.15) is 54.0 Å². The van der Waals surface area contributed by atoms with Gasteiger partial charge in [0.05, 0.1) is 12.0 Å². The molecule has 2 unspecified atom stereocenters. The van der Waals surface area contributed by atoms with Gasteiger partial charge in [-0.05, 0) is 54.5 Å². The van der Waals surface area contributed by atoms with Crippen molar-refractivity contribution in [1.82, 2.24) is 5.32 Å². The number of aryl methyl sites for hydroxylation is 2. The Hall–Kier alpha value is -2.62. The molecule has 1 heterocycles. The van der Waals surface area contributed by atoms with Crippen LogP contribution in [0.5, 0.6) is 0 Å². The summed E-state index contributed by atoms with van der Waals surface area (Å²) in [5.74, 6) is -0.476. The highest BCUT2D eigenvalue weighted by molar-refractivity contribution is 6.06. The van der Waals surface area contributed by atoms with E-state index in [-0.39, 0.29) is 30.2 Å². The third kappa shape index (κ3) is 2.90. The second kappa shape index (κ2) is 6.60. The molecule has 1 N–H and O–H groups in total. The highest BCUT2D eigenvalue weighted by Crippen LogP contribution is 2.38. The lowest BCUT2D eigenvalue weighted by molar-refractivity contribution is -0.126. The maximum atomic E-state index is 12.6. The Bertz CT molecular complexity index is 874. The van der Waals surface area contributed by atoms with E-state index in [0.717, 1.165) is 29.7 Å². The third-order valence-corrected chi connectivity index (χ3v) is 5.69. The van der Waals surface area contributed by atoms with Crippen LogP contribution in [-0.2, 0) is 22.4 Å². The highest BCUT2D eigenvalue weighted by Gasteiger charge is 2.36. The molecule has 0 radical (unpaired) electrons. The average molecular weight is 348 g/mol. The third-order valence-electron chi connectivity index (χ3n) is 5.69. The van der Waals surface area contributed by atoms with Gasteiger partial charge in [-0.3, -0.25) is 9.59 Å². The van der Waals surface area contributed by atoms with Crippen molar-refractivity contribution in [1.29, 1.82) is 0 Å². The Morgan fingerprint density at radius 1 is 1.19 bits per heavy atom. The molecular formula is C22H24N2O2. The summed E-state index contributed by atoms with van der Waals surface area (Å²) in [5.41, 5.74) is 5.82.